The fraction of sp³-hybridized carbons (Fsp3) is 1.00. The highest BCUT2D eigenvalue weighted by Gasteiger charge is 2.41. The standard InChI is InChI=1S/C10H20N2O4S/c1-8-3-11(4-9(2)16-8)17(14,15)12-5-10(6-12)7-13/h8-10,13H,3-7H2,1-2H3. The average molecular weight is 264 g/mol. The van der Waals surface area contributed by atoms with Gasteiger partial charge in [-0.15, -0.1) is 0 Å². The van der Waals surface area contributed by atoms with Gasteiger partial charge in [0.1, 0.15) is 0 Å². The van der Waals surface area contributed by atoms with Crippen molar-refractivity contribution < 1.29 is 18.3 Å². The molecule has 2 aliphatic heterocycles. The fourth-order valence-corrected chi connectivity index (χ4v) is 4.23. The molecule has 100 valence electrons. The zero-order valence-electron chi connectivity index (χ0n) is 10.2. The molecule has 2 unspecified atom stereocenters. The van der Waals surface area contributed by atoms with E-state index in [-0.39, 0.29) is 24.7 Å². The summed E-state index contributed by atoms with van der Waals surface area (Å²) in [5, 5.41) is 8.91. The van der Waals surface area contributed by atoms with Crippen molar-refractivity contribution in [3.05, 3.63) is 0 Å². The molecule has 1 N–H and O–H groups in total. The highest BCUT2D eigenvalue weighted by Crippen LogP contribution is 2.24. The van der Waals surface area contributed by atoms with Crippen LogP contribution in [0, 0.1) is 5.92 Å². The van der Waals surface area contributed by atoms with Crippen molar-refractivity contribution in [3.63, 3.8) is 0 Å². The van der Waals surface area contributed by atoms with E-state index in [0.717, 1.165) is 0 Å². The van der Waals surface area contributed by atoms with Gasteiger partial charge in [0.15, 0.2) is 0 Å². The number of nitrogens with zero attached hydrogens (tertiary/aromatic N) is 2. The van der Waals surface area contributed by atoms with Crippen LogP contribution in [0.1, 0.15) is 13.8 Å². The molecule has 0 bridgehead atoms. The number of ether oxygens (including phenoxy) is 1. The van der Waals surface area contributed by atoms with E-state index in [2.05, 4.69) is 0 Å². The maximum atomic E-state index is 12.2. The summed E-state index contributed by atoms with van der Waals surface area (Å²) < 4.78 is 32.9. The minimum absolute atomic E-state index is 0.0575. The summed E-state index contributed by atoms with van der Waals surface area (Å²) in [7, 11) is -3.36. The highest BCUT2D eigenvalue weighted by atomic mass is 32.2. The van der Waals surface area contributed by atoms with Gasteiger partial charge in [-0.25, -0.2) is 0 Å². The summed E-state index contributed by atoms with van der Waals surface area (Å²) in [6, 6.07) is 0. The molecule has 0 saturated carbocycles. The third kappa shape index (κ3) is 2.63. The Kier molecular flexibility index (Phi) is 3.74. The first-order chi connectivity index (χ1) is 7.93. The molecule has 0 amide bonds. The molecule has 2 fully saturated rings. The Morgan fingerprint density at radius 1 is 1.12 bits per heavy atom. The van der Waals surface area contributed by atoms with Crippen LogP contribution in [0.3, 0.4) is 0 Å². The first-order valence-electron chi connectivity index (χ1n) is 5.95. The van der Waals surface area contributed by atoms with Crippen molar-refractivity contribution in [3.8, 4) is 0 Å². The molecular weight excluding hydrogens is 244 g/mol. The Morgan fingerprint density at radius 2 is 1.59 bits per heavy atom. The van der Waals surface area contributed by atoms with E-state index in [9.17, 15) is 8.42 Å². The number of aliphatic hydroxyl groups is 1. The van der Waals surface area contributed by atoms with Crippen molar-refractivity contribution in [2.75, 3.05) is 32.8 Å². The topological polar surface area (TPSA) is 70.1 Å². The minimum atomic E-state index is -3.36. The molecule has 2 atom stereocenters. The van der Waals surface area contributed by atoms with Crippen LogP contribution in [-0.4, -0.2) is 67.1 Å². The molecule has 2 heterocycles. The lowest BCUT2D eigenvalue weighted by molar-refractivity contribution is -0.0467. The van der Waals surface area contributed by atoms with Crippen LogP contribution in [0.5, 0.6) is 0 Å². The molecule has 2 saturated heterocycles. The largest absolute Gasteiger partial charge is 0.396 e. The molecule has 17 heavy (non-hydrogen) atoms. The molecule has 0 aromatic heterocycles. The second kappa shape index (κ2) is 4.81. The Morgan fingerprint density at radius 3 is 2.06 bits per heavy atom. The third-order valence-electron chi connectivity index (χ3n) is 3.22. The lowest BCUT2D eigenvalue weighted by atomic mass is 10.1. The molecule has 0 aromatic rings. The molecule has 0 aromatic carbocycles. The van der Waals surface area contributed by atoms with Crippen LogP contribution in [0.2, 0.25) is 0 Å². The zero-order chi connectivity index (χ0) is 12.6. The van der Waals surface area contributed by atoms with Gasteiger partial charge < -0.3 is 9.84 Å². The van der Waals surface area contributed by atoms with E-state index in [1.807, 2.05) is 13.8 Å². The number of morpholine rings is 1. The molecule has 6 nitrogen and oxygen atoms in total. The van der Waals surface area contributed by atoms with E-state index in [0.29, 0.717) is 26.2 Å². The van der Waals surface area contributed by atoms with E-state index in [1.54, 1.807) is 0 Å². The summed E-state index contributed by atoms with van der Waals surface area (Å²) in [5.41, 5.74) is 0. The van der Waals surface area contributed by atoms with E-state index in [1.165, 1.54) is 8.61 Å². The second-order valence-electron chi connectivity index (χ2n) is 4.95. The van der Waals surface area contributed by atoms with Gasteiger partial charge >= 0.3 is 0 Å². The SMILES string of the molecule is CC1CN(S(=O)(=O)N2CC(CO)C2)CC(C)O1. The van der Waals surface area contributed by atoms with E-state index in [4.69, 9.17) is 9.84 Å². The van der Waals surface area contributed by atoms with Gasteiger partial charge in [0.25, 0.3) is 10.2 Å². The van der Waals surface area contributed by atoms with Crippen molar-refractivity contribution in [2.45, 2.75) is 26.1 Å². The van der Waals surface area contributed by atoms with Gasteiger partial charge in [-0.05, 0) is 13.8 Å². The van der Waals surface area contributed by atoms with Crippen molar-refractivity contribution in [2.24, 2.45) is 5.92 Å². The first kappa shape index (κ1) is 13.2. The smallest absolute Gasteiger partial charge is 0.282 e. The number of hydrogen-bond acceptors (Lipinski definition) is 4. The van der Waals surface area contributed by atoms with Crippen LogP contribution >= 0.6 is 0 Å². The Labute approximate surface area is 102 Å². The summed E-state index contributed by atoms with van der Waals surface area (Å²) in [6.07, 6.45) is -0.133. The molecule has 2 rings (SSSR count). The quantitative estimate of drug-likeness (QED) is 0.729. The Bertz CT molecular complexity index is 357. The number of aliphatic hydroxyl groups excluding tert-OH is 1. The number of rotatable bonds is 3. The average Bonchev–Trinajstić information content (AvgIpc) is 2.13. The molecule has 7 heteroatoms. The molecule has 0 spiro atoms. The normalized spacial score (nSPS) is 33.6. The third-order valence-corrected chi connectivity index (χ3v) is 5.12. The predicted molar refractivity (Wildman–Crippen MR) is 62.7 cm³/mol. The van der Waals surface area contributed by atoms with Gasteiger partial charge in [0.2, 0.25) is 0 Å². The van der Waals surface area contributed by atoms with E-state index >= 15 is 0 Å². The monoisotopic (exact) mass is 264 g/mol. The maximum absolute atomic E-state index is 12.2. The van der Waals surface area contributed by atoms with Crippen LogP contribution in [-0.2, 0) is 14.9 Å². The lowest BCUT2D eigenvalue weighted by Gasteiger charge is -2.42. The molecular formula is C10H20N2O4S. The van der Waals surface area contributed by atoms with Crippen LogP contribution in [0.15, 0.2) is 0 Å². The van der Waals surface area contributed by atoms with Crippen molar-refractivity contribution >= 4 is 10.2 Å². The molecule has 0 radical (unpaired) electrons. The lowest BCUT2D eigenvalue weighted by Crippen LogP contribution is -2.59. The summed E-state index contributed by atoms with van der Waals surface area (Å²) in [4.78, 5) is 0. The van der Waals surface area contributed by atoms with Crippen molar-refractivity contribution in [1.29, 1.82) is 0 Å². The fourth-order valence-electron chi connectivity index (χ4n) is 2.31. The first-order valence-corrected chi connectivity index (χ1v) is 7.34. The Hall–Kier alpha value is -0.210. The van der Waals surface area contributed by atoms with E-state index < -0.39 is 10.2 Å². The van der Waals surface area contributed by atoms with Gasteiger partial charge in [-0.2, -0.15) is 17.0 Å². The Balaban J connectivity index is 2.01. The van der Waals surface area contributed by atoms with Gasteiger partial charge in [-0.3, -0.25) is 0 Å². The van der Waals surface area contributed by atoms with Gasteiger partial charge in [-0.1, -0.05) is 0 Å². The van der Waals surface area contributed by atoms with Gasteiger partial charge in [0.05, 0.1) is 12.2 Å². The maximum Gasteiger partial charge on any atom is 0.282 e. The second-order valence-corrected chi connectivity index (χ2v) is 6.88. The van der Waals surface area contributed by atoms with Gasteiger partial charge in [0, 0.05) is 38.7 Å². The number of hydrogen-bond donors (Lipinski definition) is 1. The summed E-state index contributed by atoms with van der Waals surface area (Å²) in [5.74, 6) is 0.0978. The van der Waals surface area contributed by atoms with Crippen LogP contribution in [0.4, 0.5) is 0 Å². The zero-order valence-corrected chi connectivity index (χ0v) is 11.1. The minimum Gasteiger partial charge on any atom is -0.396 e. The molecule has 2 aliphatic rings. The highest BCUT2D eigenvalue weighted by molar-refractivity contribution is 7.86. The van der Waals surface area contributed by atoms with Crippen LogP contribution < -0.4 is 0 Å². The predicted octanol–water partition coefficient (Wildman–Crippen LogP) is -0.735. The van der Waals surface area contributed by atoms with Crippen LogP contribution in [0.25, 0.3) is 0 Å². The molecule has 0 aliphatic carbocycles. The van der Waals surface area contributed by atoms with Crippen molar-refractivity contribution in [1.82, 2.24) is 8.61 Å². The summed E-state index contributed by atoms with van der Waals surface area (Å²) in [6.45, 7) is 5.50. The summed E-state index contributed by atoms with van der Waals surface area (Å²) >= 11 is 0.